The van der Waals surface area contributed by atoms with Crippen molar-refractivity contribution in [3.63, 3.8) is 0 Å². The standard InChI is InChI=1S/C19H29N3OS/c1-16-7-9-21(19(23)13-18-15-24-12-8-20-18)10-11-22(16)14-17-5-3-2-4-6-17/h2-6,16,18,20H,7-15H2,1H3. The van der Waals surface area contributed by atoms with Gasteiger partial charge in [0.1, 0.15) is 0 Å². The van der Waals surface area contributed by atoms with E-state index in [1.165, 1.54) is 11.3 Å². The van der Waals surface area contributed by atoms with Gasteiger partial charge < -0.3 is 10.2 Å². The van der Waals surface area contributed by atoms with Crippen LogP contribution in [0.3, 0.4) is 0 Å². The van der Waals surface area contributed by atoms with Crippen LogP contribution in [0.1, 0.15) is 25.3 Å². The summed E-state index contributed by atoms with van der Waals surface area (Å²) >= 11 is 1.96. The summed E-state index contributed by atoms with van der Waals surface area (Å²) in [6.45, 7) is 7.02. The molecule has 2 unspecified atom stereocenters. The Bertz CT molecular complexity index is 519. The average Bonchev–Trinajstić information content (AvgIpc) is 2.79. The molecule has 1 amide bonds. The molecule has 2 aliphatic heterocycles. The summed E-state index contributed by atoms with van der Waals surface area (Å²) < 4.78 is 0. The summed E-state index contributed by atoms with van der Waals surface area (Å²) in [6.07, 6.45) is 1.71. The molecule has 24 heavy (non-hydrogen) atoms. The van der Waals surface area contributed by atoms with Crippen LogP contribution in [0.2, 0.25) is 0 Å². The molecule has 1 aromatic rings. The first-order valence-electron chi connectivity index (χ1n) is 9.09. The first kappa shape index (κ1) is 17.8. The van der Waals surface area contributed by atoms with Gasteiger partial charge in [0.05, 0.1) is 0 Å². The molecule has 3 rings (SSSR count). The van der Waals surface area contributed by atoms with Crippen molar-refractivity contribution in [2.45, 2.75) is 38.4 Å². The maximum atomic E-state index is 12.6. The Hall–Kier alpha value is -1.04. The highest BCUT2D eigenvalue weighted by Crippen LogP contribution is 2.17. The predicted octanol–water partition coefficient (Wildman–Crippen LogP) is 2.20. The van der Waals surface area contributed by atoms with Gasteiger partial charge in [0.2, 0.25) is 5.91 Å². The number of thioether (sulfide) groups is 1. The van der Waals surface area contributed by atoms with Gasteiger partial charge in [-0.05, 0) is 18.9 Å². The van der Waals surface area contributed by atoms with E-state index < -0.39 is 0 Å². The van der Waals surface area contributed by atoms with Crippen LogP contribution in [0.5, 0.6) is 0 Å². The molecular weight excluding hydrogens is 318 g/mol. The van der Waals surface area contributed by atoms with E-state index in [9.17, 15) is 4.79 Å². The summed E-state index contributed by atoms with van der Waals surface area (Å²) in [5, 5.41) is 3.48. The third kappa shape index (κ3) is 4.98. The summed E-state index contributed by atoms with van der Waals surface area (Å²) in [4.78, 5) is 17.2. The molecule has 2 aliphatic rings. The third-order valence-corrected chi connectivity index (χ3v) is 6.23. The molecule has 0 spiro atoms. The molecule has 1 N–H and O–H groups in total. The van der Waals surface area contributed by atoms with Gasteiger partial charge in [0.25, 0.3) is 0 Å². The smallest absolute Gasteiger partial charge is 0.224 e. The van der Waals surface area contributed by atoms with Crippen LogP contribution in [-0.2, 0) is 11.3 Å². The molecule has 2 atom stereocenters. The highest BCUT2D eigenvalue weighted by molar-refractivity contribution is 7.99. The number of amides is 1. The van der Waals surface area contributed by atoms with Crippen molar-refractivity contribution in [1.82, 2.24) is 15.1 Å². The summed E-state index contributed by atoms with van der Waals surface area (Å²) in [7, 11) is 0. The van der Waals surface area contributed by atoms with Gasteiger partial charge in [0.15, 0.2) is 0 Å². The second-order valence-electron chi connectivity index (χ2n) is 6.90. The fourth-order valence-corrected chi connectivity index (χ4v) is 4.45. The molecule has 0 radical (unpaired) electrons. The number of hydrogen-bond donors (Lipinski definition) is 1. The molecule has 132 valence electrons. The Morgan fingerprint density at radius 2 is 2.08 bits per heavy atom. The van der Waals surface area contributed by atoms with Crippen molar-refractivity contribution in [2.24, 2.45) is 0 Å². The zero-order valence-electron chi connectivity index (χ0n) is 14.6. The van der Waals surface area contributed by atoms with Gasteiger partial charge in [-0.3, -0.25) is 9.69 Å². The molecule has 0 aliphatic carbocycles. The number of carbonyl (C=O) groups is 1. The first-order valence-corrected chi connectivity index (χ1v) is 10.2. The lowest BCUT2D eigenvalue weighted by Crippen LogP contribution is -2.43. The van der Waals surface area contributed by atoms with Crippen molar-refractivity contribution in [1.29, 1.82) is 0 Å². The van der Waals surface area contributed by atoms with Crippen LogP contribution in [-0.4, -0.2) is 65.5 Å². The molecule has 2 saturated heterocycles. The van der Waals surface area contributed by atoms with Gasteiger partial charge in [-0.2, -0.15) is 11.8 Å². The van der Waals surface area contributed by atoms with Gasteiger partial charge in [0, 0.05) is 62.7 Å². The van der Waals surface area contributed by atoms with E-state index in [0.717, 1.165) is 44.9 Å². The Morgan fingerprint density at radius 1 is 1.25 bits per heavy atom. The number of carbonyl (C=O) groups excluding carboxylic acids is 1. The van der Waals surface area contributed by atoms with E-state index in [2.05, 4.69) is 52.4 Å². The zero-order valence-corrected chi connectivity index (χ0v) is 15.4. The molecule has 0 aromatic heterocycles. The van der Waals surface area contributed by atoms with Crippen molar-refractivity contribution in [3.8, 4) is 0 Å². The van der Waals surface area contributed by atoms with E-state index in [1.807, 2.05) is 11.8 Å². The Labute approximate surface area is 150 Å². The van der Waals surface area contributed by atoms with E-state index in [1.54, 1.807) is 0 Å². The summed E-state index contributed by atoms with van der Waals surface area (Å²) in [6, 6.07) is 11.5. The Kier molecular flexibility index (Phi) is 6.58. The van der Waals surface area contributed by atoms with E-state index >= 15 is 0 Å². The number of benzene rings is 1. The lowest BCUT2D eigenvalue weighted by molar-refractivity contribution is -0.131. The lowest BCUT2D eigenvalue weighted by Gasteiger charge is -2.27. The van der Waals surface area contributed by atoms with Crippen molar-refractivity contribution < 1.29 is 4.79 Å². The summed E-state index contributed by atoms with van der Waals surface area (Å²) in [5.74, 6) is 2.56. The number of rotatable bonds is 4. The van der Waals surface area contributed by atoms with E-state index in [0.29, 0.717) is 24.4 Å². The largest absolute Gasteiger partial charge is 0.341 e. The monoisotopic (exact) mass is 347 g/mol. The minimum atomic E-state index is 0.323. The Balaban J connectivity index is 1.52. The molecular formula is C19H29N3OS. The molecule has 2 fully saturated rings. The molecule has 0 saturated carbocycles. The van der Waals surface area contributed by atoms with Gasteiger partial charge in [-0.15, -0.1) is 0 Å². The van der Waals surface area contributed by atoms with Crippen molar-refractivity contribution in [3.05, 3.63) is 35.9 Å². The molecule has 2 heterocycles. The molecule has 0 bridgehead atoms. The highest BCUT2D eigenvalue weighted by atomic mass is 32.2. The minimum absolute atomic E-state index is 0.323. The van der Waals surface area contributed by atoms with Gasteiger partial charge >= 0.3 is 0 Å². The first-order chi connectivity index (χ1) is 11.7. The highest BCUT2D eigenvalue weighted by Gasteiger charge is 2.25. The molecule has 1 aromatic carbocycles. The minimum Gasteiger partial charge on any atom is -0.341 e. The quantitative estimate of drug-likeness (QED) is 0.906. The van der Waals surface area contributed by atoms with Crippen LogP contribution in [0.15, 0.2) is 30.3 Å². The second kappa shape index (κ2) is 8.88. The maximum absolute atomic E-state index is 12.6. The Morgan fingerprint density at radius 3 is 2.83 bits per heavy atom. The summed E-state index contributed by atoms with van der Waals surface area (Å²) in [5.41, 5.74) is 1.35. The third-order valence-electron chi connectivity index (χ3n) is 5.10. The SMILES string of the molecule is CC1CCN(C(=O)CC2CSCCN2)CCN1Cc1ccccc1. The van der Waals surface area contributed by atoms with Crippen LogP contribution >= 0.6 is 11.8 Å². The van der Waals surface area contributed by atoms with E-state index in [-0.39, 0.29) is 0 Å². The number of nitrogens with one attached hydrogen (secondary N) is 1. The second-order valence-corrected chi connectivity index (χ2v) is 8.05. The van der Waals surface area contributed by atoms with Crippen molar-refractivity contribution >= 4 is 17.7 Å². The number of nitrogens with zero attached hydrogens (tertiary/aromatic N) is 2. The topological polar surface area (TPSA) is 35.6 Å². The van der Waals surface area contributed by atoms with Gasteiger partial charge in [-0.25, -0.2) is 0 Å². The fourth-order valence-electron chi connectivity index (χ4n) is 3.50. The van der Waals surface area contributed by atoms with Crippen LogP contribution < -0.4 is 5.32 Å². The zero-order chi connectivity index (χ0) is 16.8. The van der Waals surface area contributed by atoms with E-state index in [4.69, 9.17) is 0 Å². The molecule has 5 heteroatoms. The lowest BCUT2D eigenvalue weighted by atomic mass is 10.1. The predicted molar refractivity (Wildman–Crippen MR) is 101 cm³/mol. The molecule has 4 nitrogen and oxygen atoms in total. The van der Waals surface area contributed by atoms with Gasteiger partial charge in [-0.1, -0.05) is 30.3 Å². The van der Waals surface area contributed by atoms with Crippen molar-refractivity contribution in [2.75, 3.05) is 37.7 Å². The fraction of sp³-hybridized carbons (Fsp3) is 0.632. The van der Waals surface area contributed by atoms with Crippen LogP contribution in [0, 0.1) is 0 Å². The maximum Gasteiger partial charge on any atom is 0.224 e. The number of hydrogen-bond acceptors (Lipinski definition) is 4. The average molecular weight is 348 g/mol. The van der Waals surface area contributed by atoms with Crippen LogP contribution in [0.4, 0.5) is 0 Å². The normalized spacial score (nSPS) is 26.1. The van der Waals surface area contributed by atoms with Crippen LogP contribution in [0.25, 0.3) is 0 Å².